The summed E-state index contributed by atoms with van der Waals surface area (Å²) in [6, 6.07) is 9.34. The van der Waals surface area contributed by atoms with Crippen LogP contribution in [-0.4, -0.2) is 26.6 Å². The van der Waals surface area contributed by atoms with Gasteiger partial charge in [-0.15, -0.1) is 0 Å². The number of rotatable bonds is 7. The molecule has 0 saturated carbocycles. The summed E-state index contributed by atoms with van der Waals surface area (Å²) in [7, 11) is -3.75. The molecule has 0 heterocycles. The minimum atomic E-state index is -3.75. The second kappa shape index (κ2) is 9.16. The fourth-order valence-electron chi connectivity index (χ4n) is 3.09. The number of amides is 1. The molecule has 1 atom stereocenters. The average Bonchev–Trinajstić information content (AvgIpc) is 2.62. The molecule has 1 N–H and O–H groups in total. The van der Waals surface area contributed by atoms with Crippen molar-refractivity contribution >= 4 is 50.5 Å². The van der Waals surface area contributed by atoms with Crippen molar-refractivity contribution in [1.82, 2.24) is 0 Å². The Balaban J connectivity index is 2.47. The summed E-state index contributed by atoms with van der Waals surface area (Å²) in [4.78, 5) is 13.1. The Bertz CT molecular complexity index is 977. The van der Waals surface area contributed by atoms with Gasteiger partial charge in [-0.1, -0.05) is 55.2 Å². The predicted octanol–water partition coefficient (Wildman–Crippen LogP) is 5.05. The highest BCUT2D eigenvalue weighted by Gasteiger charge is 2.32. The van der Waals surface area contributed by atoms with E-state index in [1.165, 1.54) is 18.2 Å². The van der Waals surface area contributed by atoms with Crippen molar-refractivity contribution in [2.24, 2.45) is 0 Å². The molecule has 2 rings (SSSR count). The molecule has 2 aromatic rings. The number of nitrogens with one attached hydrogen (secondary N) is 1. The van der Waals surface area contributed by atoms with E-state index in [2.05, 4.69) is 5.32 Å². The van der Waals surface area contributed by atoms with Crippen molar-refractivity contribution in [3.05, 3.63) is 57.6 Å². The van der Waals surface area contributed by atoms with E-state index in [0.29, 0.717) is 10.7 Å². The van der Waals surface area contributed by atoms with Crippen LogP contribution >= 0.6 is 23.2 Å². The van der Waals surface area contributed by atoms with Gasteiger partial charge in [-0.3, -0.25) is 9.10 Å². The maximum Gasteiger partial charge on any atom is 0.248 e. The summed E-state index contributed by atoms with van der Waals surface area (Å²) in [6.45, 7) is 5.67. The van der Waals surface area contributed by atoms with Crippen molar-refractivity contribution < 1.29 is 13.2 Å². The van der Waals surface area contributed by atoms with Gasteiger partial charge >= 0.3 is 0 Å². The molecule has 1 unspecified atom stereocenters. The second-order valence-corrected chi connectivity index (χ2v) is 9.21. The second-order valence-electron chi connectivity index (χ2n) is 6.53. The van der Waals surface area contributed by atoms with Crippen LogP contribution < -0.4 is 9.62 Å². The first-order valence-corrected chi connectivity index (χ1v) is 11.5. The average molecular weight is 443 g/mol. The van der Waals surface area contributed by atoms with Crippen LogP contribution in [0.2, 0.25) is 10.0 Å². The van der Waals surface area contributed by atoms with E-state index in [-0.39, 0.29) is 11.4 Å². The van der Waals surface area contributed by atoms with Crippen LogP contribution in [0.5, 0.6) is 0 Å². The van der Waals surface area contributed by atoms with E-state index in [0.717, 1.165) is 33.8 Å². The summed E-state index contributed by atoms with van der Waals surface area (Å²) in [5, 5.41) is 3.45. The topological polar surface area (TPSA) is 66.5 Å². The number of carbonyl (C=O) groups excluding carboxylic acids is 1. The van der Waals surface area contributed by atoms with Crippen molar-refractivity contribution in [2.45, 2.75) is 39.7 Å². The Kier molecular flexibility index (Phi) is 7.37. The van der Waals surface area contributed by atoms with Gasteiger partial charge in [0.1, 0.15) is 6.04 Å². The Morgan fingerprint density at radius 2 is 1.82 bits per heavy atom. The number of nitrogens with zero attached hydrogens (tertiary/aromatic N) is 1. The summed E-state index contributed by atoms with van der Waals surface area (Å²) in [5.74, 6) is -0.400. The molecule has 0 aromatic heterocycles. The van der Waals surface area contributed by atoms with Gasteiger partial charge in [-0.2, -0.15) is 0 Å². The minimum absolute atomic E-state index is 0.218. The lowest BCUT2D eigenvalue weighted by Gasteiger charge is -2.30. The molecule has 0 radical (unpaired) electrons. The van der Waals surface area contributed by atoms with E-state index in [9.17, 15) is 13.2 Å². The SMILES string of the molecule is CCc1cccc(C)c1NC(=O)C(CC)N(c1ccc(Cl)c(Cl)c1)S(C)(=O)=O. The first kappa shape index (κ1) is 22.5. The fraction of sp³-hybridized carbons (Fsp3) is 0.350. The van der Waals surface area contributed by atoms with Gasteiger partial charge in [-0.05, 0) is 49.1 Å². The van der Waals surface area contributed by atoms with Gasteiger partial charge in [0, 0.05) is 5.69 Å². The van der Waals surface area contributed by atoms with Gasteiger partial charge in [0.15, 0.2) is 0 Å². The van der Waals surface area contributed by atoms with Crippen molar-refractivity contribution in [1.29, 1.82) is 0 Å². The van der Waals surface area contributed by atoms with Gasteiger partial charge in [0.2, 0.25) is 15.9 Å². The van der Waals surface area contributed by atoms with Gasteiger partial charge < -0.3 is 5.32 Å². The third kappa shape index (κ3) is 4.99. The number of carbonyl (C=O) groups is 1. The van der Waals surface area contributed by atoms with Crippen molar-refractivity contribution in [3.8, 4) is 0 Å². The molecule has 0 saturated heterocycles. The van der Waals surface area contributed by atoms with Crippen LogP contribution in [0.3, 0.4) is 0 Å². The molecule has 0 aliphatic heterocycles. The zero-order valence-corrected chi connectivity index (χ0v) is 18.6. The standard InChI is InChI=1S/C20H24Cl2N2O3S/c1-5-14-9-7-8-13(3)19(14)23-20(25)18(6-2)24(28(4,26)27)15-10-11-16(21)17(22)12-15/h7-12,18H,5-6H2,1-4H3,(H,23,25). The molecule has 0 aliphatic rings. The Hall–Kier alpha value is -1.76. The van der Waals surface area contributed by atoms with E-state index in [1.54, 1.807) is 6.92 Å². The van der Waals surface area contributed by atoms with Gasteiger partial charge in [0.05, 0.1) is 22.0 Å². The largest absolute Gasteiger partial charge is 0.324 e. The van der Waals surface area contributed by atoms with Crippen LogP contribution in [0, 0.1) is 6.92 Å². The van der Waals surface area contributed by atoms with Crippen LogP contribution in [0.15, 0.2) is 36.4 Å². The third-order valence-electron chi connectivity index (χ3n) is 4.48. The smallest absolute Gasteiger partial charge is 0.248 e. The lowest BCUT2D eigenvalue weighted by molar-refractivity contribution is -0.117. The third-order valence-corrected chi connectivity index (χ3v) is 6.39. The zero-order chi connectivity index (χ0) is 21.1. The molecule has 0 aliphatic carbocycles. The van der Waals surface area contributed by atoms with Crippen LogP contribution in [0.25, 0.3) is 0 Å². The number of hydrogen-bond acceptors (Lipinski definition) is 3. The zero-order valence-electron chi connectivity index (χ0n) is 16.3. The summed E-state index contributed by atoms with van der Waals surface area (Å²) < 4.78 is 26.2. The quantitative estimate of drug-likeness (QED) is 0.652. The molecular formula is C20H24Cl2N2O3S. The molecular weight excluding hydrogens is 419 g/mol. The number of benzene rings is 2. The first-order chi connectivity index (χ1) is 13.1. The number of aryl methyl sites for hydroxylation is 2. The number of anilines is 2. The highest BCUT2D eigenvalue weighted by molar-refractivity contribution is 7.92. The highest BCUT2D eigenvalue weighted by Crippen LogP contribution is 2.31. The molecule has 152 valence electrons. The van der Waals surface area contributed by atoms with E-state index < -0.39 is 22.0 Å². The van der Waals surface area contributed by atoms with Gasteiger partial charge in [0.25, 0.3) is 0 Å². The molecule has 28 heavy (non-hydrogen) atoms. The van der Waals surface area contributed by atoms with E-state index in [1.807, 2.05) is 32.0 Å². The summed E-state index contributed by atoms with van der Waals surface area (Å²) in [5.41, 5.74) is 2.92. The maximum absolute atomic E-state index is 13.1. The van der Waals surface area contributed by atoms with Crippen molar-refractivity contribution in [2.75, 3.05) is 15.9 Å². The molecule has 5 nitrogen and oxygen atoms in total. The van der Waals surface area contributed by atoms with E-state index in [4.69, 9.17) is 23.2 Å². The van der Waals surface area contributed by atoms with Crippen LogP contribution in [0.4, 0.5) is 11.4 Å². The first-order valence-electron chi connectivity index (χ1n) is 8.93. The molecule has 0 fully saturated rings. The molecule has 8 heteroatoms. The molecule has 0 spiro atoms. The predicted molar refractivity (Wildman–Crippen MR) is 117 cm³/mol. The molecule has 1 amide bonds. The monoisotopic (exact) mass is 442 g/mol. The van der Waals surface area contributed by atoms with Crippen LogP contribution in [0.1, 0.15) is 31.4 Å². The lowest BCUT2D eigenvalue weighted by atomic mass is 10.0. The number of halogens is 2. The van der Waals surface area contributed by atoms with Gasteiger partial charge in [-0.25, -0.2) is 8.42 Å². The summed E-state index contributed by atoms with van der Waals surface area (Å²) >= 11 is 12.0. The molecule has 0 bridgehead atoms. The number of hydrogen-bond donors (Lipinski definition) is 1. The normalized spacial score (nSPS) is 12.5. The maximum atomic E-state index is 13.1. The Morgan fingerprint density at radius 3 is 2.36 bits per heavy atom. The minimum Gasteiger partial charge on any atom is -0.324 e. The number of sulfonamides is 1. The fourth-order valence-corrected chi connectivity index (χ4v) is 4.59. The number of para-hydroxylation sites is 1. The van der Waals surface area contributed by atoms with Crippen LogP contribution in [-0.2, 0) is 21.2 Å². The Labute approximate surface area is 176 Å². The summed E-state index contributed by atoms with van der Waals surface area (Å²) in [6.07, 6.45) is 2.10. The van der Waals surface area contributed by atoms with Crippen molar-refractivity contribution in [3.63, 3.8) is 0 Å². The lowest BCUT2D eigenvalue weighted by Crippen LogP contribution is -2.47. The highest BCUT2D eigenvalue weighted by atomic mass is 35.5. The molecule has 2 aromatic carbocycles. The Morgan fingerprint density at radius 1 is 1.14 bits per heavy atom. The van der Waals surface area contributed by atoms with E-state index >= 15 is 0 Å².